The number of piperidine rings is 1. The van der Waals surface area contributed by atoms with E-state index in [4.69, 9.17) is 9.72 Å². The van der Waals surface area contributed by atoms with Gasteiger partial charge in [0.1, 0.15) is 17.6 Å². The lowest BCUT2D eigenvalue weighted by atomic mass is 10.0. The molecule has 1 aliphatic rings. The summed E-state index contributed by atoms with van der Waals surface area (Å²) in [6.45, 7) is 6.79. The van der Waals surface area contributed by atoms with E-state index in [1.165, 1.54) is 0 Å². The molecule has 7 nitrogen and oxygen atoms in total. The highest BCUT2D eigenvalue weighted by atomic mass is 32.2. The summed E-state index contributed by atoms with van der Waals surface area (Å²) in [4.78, 5) is 11.6. The fraction of sp³-hybridized carbons (Fsp3) is 0.333. The summed E-state index contributed by atoms with van der Waals surface area (Å²) < 4.78 is 7.70. The molecule has 0 spiro atoms. The largest absolute Gasteiger partial charge is 0.492 e. The molecule has 5 rings (SSSR count). The van der Waals surface area contributed by atoms with Crippen molar-refractivity contribution in [1.82, 2.24) is 19.6 Å². The summed E-state index contributed by atoms with van der Waals surface area (Å²) in [7, 11) is 0. The zero-order chi connectivity index (χ0) is 24.2. The third-order valence-corrected chi connectivity index (χ3v) is 7.33. The fourth-order valence-electron chi connectivity index (χ4n) is 4.26. The molecule has 1 fully saturated rings. The van der Waals surface area contributed by atoms with Gasteiger partial charge in [0.25, 0.3) is 0 Å². The molecule has 0 bridgehead atoms. The second-order valence-corrected chi connectivity index (χ2v) is 10.5. The lowest BCUT2D eigenvalue weighted by Gasteiger charge is -2.32. The minimum atomic E-state index is 0.411. The number of thioether (sulfide) groups is 1. The zero-order valence-electron chi connectivity index (χ0n) is 20.0. The number of rotatable bonds is 7. The molecule has 0 amide bonds. The number of aromatic nitrogens is 4. The Morgan fingerprint density at radius 1 is 1.14 bits per heavy atom. The van der Waals surface area contributed by atoms with E-state index in [2.05, 4.69) is 53.1 Å². The minimum absolute atomic E-state index is 0.411. The number of fused-ring (bicyclic) bond motifs is 1. The first kappa shape index (κ1) is 23.2. The summed E-state index contributed by atoms with van der Waals surface area (Å²) in [6, 6.07) is 14.5. The fourth-order valence-corrected chi connectivity index (χ4v) is 5.33. The molecule has 0 radical (unpaired) electrons. The molecule has 178 valence electrons. The van der Waals surface area contributed by atoms with Crippen LogP contribution >= 0.6 is 11.8 Å². The van der Waals surface area contributed by atoms with Crippen LogP contribution in [0.25, 0.3) is 16.6 Å². The van der Waals surface area contributed by atoms with E-state index in [0.29, 0.717) is 23.3 Å². The Balaban J connectivity index is 1.33. The van der Waals surface area contributed by atoms with Gasteiger partial charge in [0.2, 0.25) is 0 Å². The van der Waals surface area contributed by atoms with Gasteiger partial charge >= 0.3 is 0 Å². The van der Waals surface area contributed by atoms with E-state index >= 15 is 0 Å². The second-order valence-electron chi connectivity index (χ2n) is 9.13. The van der Waals surface area contributed by atoms with Gasteiger partial charge in [-0.2, -0.15) is 10.4 Å². The van der Waals surface area contributed by atoms with Crippen LogP contribution in [0.4, 0.5) is 5.82 Å². The maximum absolute atomic E-state index is 9.61. The van der Waals surface area contributed by atoms with Gasteiger partial charge < -0.3 is 9.64 Å². The quantitative estimate of drug-likeness (QED) is 0.345. The number of hydrogen-bond donors (Lipinski definition) is 0. The van der Waals surface area contributed by atoms with Crippen molar-refractivity contribution in [2.24, 2.45) is 5.92 Å². The topological polar surface area (TPSA) is 79.3 Å². The average Bonchev–Trinajstić information content (AvgIpc) is 3.31. The van der Waals surface area contributed by atoms with Crippen LogP contribution in [0.3, 0.4) is 0 Å². The molecule has 4 aromatic heterocycles. The third kappa shape index (κ3) is 5.25. The van der Waals surface area contributed by atoms with Crippen LogP contribution in [0.1, 0.15) is 32.3 Å². The van der Waals surface area contributed by atoms with Crippen molar-refractivity contribution in [3.8, 4) is 22.9 Å². The van der Waals surface area contributed by atoms with Crippen molar-refractivity contribution in [2.45, 2.75) is 37.0 Å². The number of nitrogens with zero attached hydrogens (tertiary/aromatic N) is 6. The van der Waals surface area contributed by atoms with Crippen molar-refractivity contribution in [1.29, 1.82) is 5.26 Å². The number of anilines is 1. The highest BCUT2D eigenvalue weighted by Gasteiger charge is 2.22. The lowest BCUT2D eigenvalue weighted by Crippen LogP contribution is -2.35. The van der Waals surface area contributed by atoms with Crippen molar-refractivity contribution < 1.29 is 4.74 Å². The normalized spacial score (nSPS) is 14.4. The van der Waals surface area contributed by atoms with Crippen molar-refractivity contribution in [3.05, 3.63) is 66.7 Å². The molecule has 1 aliphatic heterocycles. The van der Waals surface area contributed by atoms with Crippen molar-refractivity contribution in [3.63, 3.8) is 0 Å². The average molecular weight is 485 g/mol. The summed E-state index contributed by atoms with van der Waals surface area (Å²) >= 11 is 1.87. The molecule has 0 aliphatic carbocycles. The molecule has 0 N–H and O–H groups in total. The number of pyridine rings is 3. The maximum atomic E-state index is 9.61. The molecule has 5 heterocycles. The van der Waals surface area contributed by atoms with Gasteiger partial charge in [-0.25, -0.2) is 14.5 Å². The standard InChI is InChI=1S/C27H28N6OS/c1-19(2)18-34-22-13-24(27-21(14-28)16-31-33(27)17-22)20-6-7-25(30-15-20)32-11-8-23(9-12-32)35-26-5-3-4-10-29-26/h3-7,10,13,15-17,19,23H,8-9,11-12,18H2,1-2H3. The smallest absolute Gasteiger partial charge is 0.138 e. The first-order valence-corrected chi connectivity index (χ1v) is 12.8. The monoisotopic (exact) mass is 484 g/mol. The van der Waals surface area contributed by atoms with E-state index in [1.54, 1.807) is 10.7 Å². The van der Waals surface area contributed by atoms with Gasteiger partial charge in [-0.1, -0.05) is 19.9 Å². The van der Waals surface area contributed by atoms with E-state index in [-0.39, 0.29) is 0 Å². The van der Waals surface area contributed by atoms with Crippen LogP contribution in [0.15, 0.2) is 66.2 Å². The highest BCUT2D eigenvalue weighted by molar-refractivity contribution is 7.99. The Morgan fingerprint density at radius 3 is 2.69 bits per heavy atom. The molecule has 35 heavy (non-hydrogen) atoms. The minimum Gasteiger partial charge on any atom is -0.492 e. The van der Waals surface area contributed by atoms with Crippen LogP contribution < -0.4 is 9.64 Å². The summed E-state index contributed by atoms with van der Waals surface area (Å²) in [5.74, 6) is 2.12. The predicted octanol–water partition coefficient (Wildman–Crippen LogP) is 5.46. The Labute approximate surface area is 209 Å². The van der Waals surface area contributed by atoms with E-state index in [0.717, 1.165) is 59.2 Å². The first-order chi connectivity index (χ1) is 17.1. The summed E-state index contributed by atoms with van der Waals surface area (Å²) in [6.07, 6.45) is 9.37. The lowest BCUT2D eigenvalue weighted by molar-refractivity contribution is 0.270. The Kier molecular flexibility index (Phi) is 6.87. The third-order valence-electron chi connectivity index (χ3n) is 6.04. The molecular weight excluding hydrogens is 456 g/mol. The molecule has 4 aromatic rings. The van der Waals surface area contributed by atoms with Crippen LogP contribution in [0.5, 0.6) is 5.75 Å². The Hall–Kier alpha value is -3.57. The number of hydrogen-bond acceptors (Lipinski definition) is 7. The van der Waals surface area contributed by atoms with Crippen molar-refractivity contribution in [2.75, 3.05) is 24.6 Å². The number of ether oxygens (including phenoxy) is 1. The van der Waals surface area contributed by atoms with Crippen LogP contribution in [-0.2, 0) is 0 Å². The van der Waals surface area contributed by atoms with Gasteiger partial charge in [0.15, 0.2) is 0 Å². The van der Waals surface area contributed by atoms with Gasteiger partial charge in [0, 0.05) is 41.9 Å². The van der Waals surface area contributed by atoms with E-state index in [1.807, 2.05) is 48.6 Å². The van der Waals surface area contributed by atoms with E-state index < -0.39 is 0 Å². The van der Waals surface area contributed by atoms with Gasteiger partial charge in [-0.15, -0.1) is 11.8 Å². The number of nitriles is 1. The molecule has 0 atom stereocenters. The SMILES string of the molecule is CC(C)COc1cc(-c2ccc(N3CCC(Sc4ccccn4)CC3)nc2)c2c(C#N)cnn2c1. The molecule has 0 aromatic carbocycles. The van der Waals surface area contributed by atoms with Crippen LogP contribution in [-0.4, -0.2) is 44.5 Å². The van der Waals surface area contributed by atoms with Gasteiger partial charge in [-0.05, 0) is 49.1 Å². The molecule has 1 saturated heterocycles. The molecular formula is C27H28N6OS. The molecule has 0 unspecified atom stereocenters. The highest BCUT2D eigenvalue weighted by Crippen LogP contribution is 2.33. The van der Waals surface area contributed by atoms with Crippen LogP contribution in [0, 0.1) is 17.2 Å². The first-order valence-electron chi connectivity index (χ1n) is 11.9. The van der Waals surface area contributed by atoms with Gasteiger partial charge in [0.05, 0.1) is 35.1 Å². The Bertz CT molecular complexity index is 1320. The van der Waals surface area contributed by atoms with Crippen LogP contribution in [0.2, 0.25) is 0 Å². The summed E-state index contributed by atoms with van der Waals surface area (Å²) in [5.41, 5.74) is 3.13. The Morgan fingerprint density at radius 2 is 2.00 bits per heavy atom. The van der Waals surface area contributed by atoms with Gasteiger partial charge in [-0.3, -0.25) is 0 Å². The van der Waals surface area contributed by atoms with E-state index in [9.17, 15) is 5.26 Å². The predicted molar refractivity (Wildman–Crippen MR) is 139 cm³/mol. The summed E-state index contributed by atoms with van der Waals surface area (Å²) in [5, 5.41) is 15.6. The molecule has 8 heteroatoms. The second kappa shape index (κ2) is 10.4. The van der Waals surface area contributed by atoms with Crippen molar-refractivity contribution >= 4 is 23.1 Å². The maximum Gasteiger partial charge on any atom is 0.138 e. The zero-order valence-corrected chi connectivity index (χ0v) is 20.8. The molecule has 0 saturated carbocycles.